The lowest BCUT2D eigenvalue weighted by Gasteiger charge is -2.06. The second-order valence-corrected chi connectivity index (χ2v) is 7.71. The molecule has 0 saturated heterocycles. The molecule has 0 bridgehead atoms. The van der Waals surface area contributed by atoms with Gasteiger partial charge < -0.3 is 10.8 Å². The number of benzene rings is 2. The molecule has 0 radical (unpaired) electrons. The Balaban J connectivity index is 1.56. The van der Waals surface area contributed by atoms with Crippen LogP contribution < -0.4 is 11.2 Å². The lowest BCUT2D eigenvalue weighted by Crippen LogP contribution is -2.20. The second-order valence-electron chi connectivity index (χ2n) is 6.66. The zero-order valence-corrected chi connectivity index (χ0v) is 17.7. The number of nitrogens with two attached hydrogens (primary N) is 1. The Morgan fingerprint density at radius 3 is 2.66 bits per heavy atom. The Labute approximate surface area is 186 Å². The minimum atomic E-state index is -0.555. The molecule has 12 heteroatoms. The van der Waals surface area contributed by atoms with E-state index in [-0.39, 0.29) is 23.1 Å². The first-order valence-electron chi connectivity index (χ1n) is 9.36. The van der Waals surface area contributed by atoms with E-state index in [1.54, 1.807) is 12.1 Å². The van der Waals surface area contributed by atoms with E-state index in [0.29, 0.717) is 17.0 Å². The molecule has 11 nitrogen and oxygen atoms in total. The third-order valence-corrected chi connectivity index (χ3v) is 5.37. The molecular weight excluding hydrogens is 432 g/mol. The number of thioether (sulfide) groups is 1. The number of nitrogens with zero attached hydrogens (tertiary/aromatic N) is 6. The minimum Gasteiger partial charge on any atom is -0.508 e. The normalized spacial score (nSPS) is 11.2. The van der Waals surface area contributed by atoms with E-state index in [1.165, 1.54) is 34.8 Å². The number of hydrogen-bond acceptors (Lipinski definition) is 10. The number of aryl methyl sites for hydroxylation is 1. The van der Waals surface area contributed by atoms with Crippen LogP contribution in [0.5, 0.6) is 5.75 Å². The number of nitrogen functional groups attached to an aromatic ring is 1. The van der Waals surface area contributed by atoms with E-state index in [0.717, 1.165) is 10.5 Å². The molecule has 2 aromatic carbocycles. The van der Waals surface area contributed by atoms with Gasteiger partial charge in [0.2, 0.25) is 11.6 Å². The molecule has 162 valence electrons. The molecule has 4 rings (SSSR count). The number of phenols is 1. The van der Waals surface area contributed by atoms with Crippen molar-refractivity contribution in [2.45, 2.75) is 17.6 Å². The first kappa shape index (κ1) is 21.1. The van der Waals surface area contributed by atoms with Crippen LogP contribution in [-0.4, -0.2) is 42.5 Å². The van der Waals surface area contributed by atoms with Crippen LogP contribution in [-0.2, 0) is 5.75 Å². The first-order valence-corrected chi connectivity index (χ1v) is 10.3. The number of rotatable bonds is 7. The Hall–Kier alpha value is -4.19. The summed E-state index contributed by atoms with van der Waals surface area (Å²) in [5, 5.41) is 28.6. The van der Waals surface area contributed by atoms with Crippen LogP contribution in [0, 0.1) is 6.92 Å². The molecule has 4 aromatic rings. The van der Waals surface area contributed by atoms with Crippen molar-refractivity contribution in [3.8, 4) is 11.6 Å². The van der Waals surface area contributed by atoms with Crippen molar-refractivity contribution < 1.29 is 14.5 Å². The van der Waals surface area contributed by atoms with Gasteiger partial charge in [-0.3, -0.25) is 4.79 Å². The summed E-state index contributed by atoms with van der Waals surface area (Å²) < 4.78 is 5.99. The number of nitrogens with one attached hydrogen (secondary N) is 1. The van der Waals surface area contributed by atoms with Gasteiger partial charge in [-0.2, -0.15) is 9.78 Å². The van der Waals surface area contributed by atoms with Crippen LogP contribution in [0.15, 0.2) is 63.2 Å². The van der Waals surface area contributed by atoms with E-state index < -0.39 is 5.91 Å². The Bertz CT molecular complexity index is 1250. The summed E-state index contributed by atoms with van der Waals surface area (Å²) in [5.41, 5.74) is 10.6. The Morgan fingerprint density at radius 2 is 1.97 bits per heavy atom. The Morgan fingerprint density at radius 1 is 1.22 bits per heavy atom. The molecule has 0 spiro atoms. The summed E-state index contributed by atoms with van der Waals surface area (Å²) in [6, 6.07) is 14.3. The standard InChI is InChI=1S/C20H18N8O3S/c1-12-2-8-15(9-3-12)32-11-16-17(23-27-28(16)19-18(21)25-31-26-19)20(30)24-22-10-13-4-6-14(29)7-5-13/h2-10,29H,11H2,1H3,(H2,21,25)(H,24,30)/b22-10+. The zero-order valence-electron chi connectivity index (χ0n) is 16.8. The van der Waals surface area contributed by atoms with Gasteiger partial charge in [0, 0.05) is 10.6 Å². The van der Waals surface area contributed by atoms with Crippen LogP contribution in [0.1, 0.15) is 27.3 Å². The molecule has 0 fully saturated rings. The zero-order chi connectivity index (χ0) is 22.5. The fourth-order valence-corrected chi connectivity index (χ4v) is 3.57. The van der Waals surface area contributed by atoms with Crippen molar-refractivity contribution in [3.63, 3.8) is 0 Å². The molecule has 0 aliphatic heterocycles. The van der Waals surface area contributed by atoms with E-state index in [4.69, 9.17) is 5.73 Å². The number of anilines is 1. The maximum absolute atomic E-state index is 12.8. The largest absolute Gasteiger partial charge is 0.508 e. The van der Waals surface area contributed by atoms with Crippen LogP contribution in [0.4, 0.5) is 5.82 Å². The van der Waals surface area contributed by atoms with E-state index in [1.807, 2.05) is 31.2 Å². The highest BCUT2D eigenvalue weighted by Gasteiger charge is 2.24. The predicted octanol–water partition coefficient (Wildman–Crippen LogP) is 2.30. The van der Waals surface area contributed by atoms with Gasteiger partial charge in [0.15, 0.2) is 5.69 Å². The van der Waals surface area contributed by atoms with Crippen LogP contribution in [0.3, 0.4) is 0 Å². The maximum Gasteiger partial charge on any atom is 0.293 e. The SMILES string of the molecule is Cc1ccc(SCc2c(C(=O)N/N=C/c3ccc(O)cc3)nnn2-c2nonc2N)cc1. The van der Waals surface area contributed by atoms with E-state index >= 15 is 0 Å². The second kappa shape index (κ2) is 9.31. The van der Waals surface area contributed by atoms with Gasteiger partial charge in [0.25, 0.3) is 5.91 Å². The summed E-state index contributed by atoms with van der Waals surface area (Å²) in [6.45, 7) is 2.01. The highest BCUT2D eigenvalue weighted by atomic mass is 32.2. The van der Waals surface area contributed by atoms with E-state index in [2.05, 4.69) is 35.8 Å². The monoisotopic (exact) mass is 450 g/mol. The molecule has 1 amide bonds. The third-order valence-electron chi connectivity index (χ3n) is 4.34. The molecule has 2 aromatic heterocycles. The number of hydrazone groups is 1. The van der Waals surface area contributed by atoms with Crippen molar-refractivity contribution in [1.82, 2.24) is 30.7 Å². The molecule has 0 unspecified atom stereocenters. The smallest absolute Gasteiger partial charge is 0.293 e. The predicted molar refractivity (Wildman–Crippen MR) is 118 cm³/mol. The van der Waals surface area contributed by atoms with Gasteiger partial charge in [-0.1, -0.05) is 22.9 Å². The average Bonchev–Trinajstić information content (AvgIpc) is 3.40. The quantitative estimate of drug-likeness (QED) is 0.218. The minimum absolute atomic E-state index is 0.0220. The lowest BCUT2D eigenvalue weighted by molar-refractivity contribution is 0.0949. The van der Waals surface area contributed by atoms with Crippen LogP contribution in [0.25, 0.3) is 5.82 Å². The Kier molecular flexibility index (Phi) is 6.12. The number of aromatic nitrogens is 5. The molecule has 32 heavy (non-hydrogen) atoms. The molecule has 4 N–H and O–H groups in total. The topological polar surface area (TPSA) is 157 Å². The summed E-state index contributed by atoms with van der Waals surface area (Å²) in [5.74, 6) is 0.102. The molecule has 0 aliphatic carbocycles. The van der Waals surface area contributed by atoms with Crippen molar-refractivity contribution in [1.29, 1.82) is 0 Å². The van der Waals surface area contributed by atoms with E-state index in [9.17, 15) is 9.90 Å². The fraction of sp³-hybridized carbons (Fsp3) is 0.100. The third kappa shape index (κ3) is 4.75. The van der Waals surface area contributed by atoms with Gasteiger partial charge in [0.1, 0.15) is 5.75 Å². The van der Waals surface area contributed by atoms with Crippen LogP contribution >= 0.6 is 11.8 Å². The van der Waals surface area contributed by atoms with Crippen molar-refractivity contribution in [2.24, 2.45) is 5.10 Å². The lowest BCUT2D eigenvalue weighted by atomic mass is 10.2. The maximum atomic E-state index is 12.8. The average molecular weight is 450 g/mol. The van der Waals surface area contributed by atoms with Crippen molar-refractivity contribution >= 4 is 29.7 Å². The highest BCUT2D eigenvalue weighted by Crippen LogP contribution is 2.26. The first-order chi connectivity index (χ1) is 15.5. The van der Waals surface area contributed by atoms with Gasteiger partial charge >= 0.3 is 0 Å². The molecule has 2 heterocycles. The molecule has 0 aliphatic rings. The summed E-state index contributed by atoms with van der Waals surface area (Å²) in [4.78, 5) is 13.8. The van der Waals surface area contributed by atoms with Gasteiger partial charge in [-0.05, 0) is 59.2 Å². The summed E-state index contributed by atoms with van der Waals surface area (Å²) in [7, 11) is 0. The number of amides is 1. The molecule has 0 saturated carbocycles. The fourth-order valence-electron chi connectivity index (χ4n) is 2.68. The molecule has 0 atom stereocenters. The number of hydrogen-bond donors (Lipinski definition) is 3. The summed E-state index contributed by atoms with van der Waals surface area (Å²) >= 11 is 1.50. The number of carbonyl (C=O) groups excluding carboxylic acids is 1. The van der Waals surface area contributed by atoms with Gasteiger partial charge in [0.05, 0.1) is 11.9 Å². The van der Waals surface area contributed by atoms with Crippen LogP contribution in [0.2, 0.25) is 0 Å². The van der Waals surface area contributed by atoms with Crippen molar-refractivity contribution in [2.75, 3.05) is 5.73 Å². The van der Waals surface area contributed by atoms with Crippen molar-refractivity contribution in [3.05, 3.63) is 71.0 Å². The summed E-state index contributed by atoms with van der Waals surface area (Å²) in [6.07, 6.45) is 1.45. The number of phenolic OH excluding ortho intramolecular Hbond substituents is 1. The number of aromatic hydroxyl groups is 1. The van der Waals surface area contributed by atoms with Gasteiger partial charge in [-0.15, -0.1) is 16.9 Å². The van der Waals surface area contributed by atoms with Gasteiger partial charge in [-0.25, -0.2) is 10.1 Å². The molecular formula is C20H18N8O3S. The number of carbonyl (C=O) groups is 1. The highest BCUT2D eigenvalue weighted by molar-refractivity contribution is 7.98.